The van der Waals surface area contributed by atoms with Crippen LogP contribution in [-0.4, -0.2) is 51.2 Å². The molecule has 9 nitrogen and oxygen atoms in total. The summed E-state index contributed by atoms with van der Waals surface area (Å²) in [6.45, 7) is 3.69. The maximum absolute atomic E-state index is 12.7. The minimum absolute atomic E-state index is 0.0832. The third-order valence-electron chi connectivity index (χ3n) is 4.67. The molecule has 0 aliphatic rings. The molecule has 3 N–H and O–H groups in total. The van der Waals surface area contributed by atoms with Crippen LogP contribution in [0.2, 0.25) is 5.02 Å². The number of aromatic nitrogens is 3. The number of hydrogen-bond donors (Lipinski definition) is 3. The van der Waals surface area contributed by atoms with E-state index in [4.69, 9.17) is 16.3 Å². The Balaban J connectivity index is 1.69. The second-order valence-electron chi connectivity index (χ2n) is 7.02. The van der Waals surface area contributed by atoms with Crippen molar-refractivity contribution in [1.29, 1.82) is 0 Å². The van der Waals surface area contributed by atoms with Crippen molar-refractivity contribution in [1.82, 2.24) is 20.1 Å². The molecule has 178 valence electrons. The second kappa shape index (κ2) is 12.2. The number of aliphatic hydroxyl groups is 1. The van der Waals surface area contributed by atoms with Crippen molar-refractivity contribution in [2.45, 2.75) is 17.7 Å². The van der Waals surface area contributed by atoms with Gasteiger partial charge in [0.25, 0.3) is 5.91 Å². The molecule has 1 aromatic heterocycles. The molecule has 0 radical (unpaired) electrons. The van der Waals surface area contributed by atoms with E-state index in [1.54, 1.807) is 66.3 Å². The first-order valence-corrected chi connectivity index (χ1v) is 11.6. The highest BCUT2D eigenvalue weighted by molar-refractivity contribution is 7.99. The average Bonchev–Trinajstić information content (AvgIpc) is 3.25. The van der Waals surface area contributed by atoms with Crippen LogP contribution in [0.3, 0.4) is 0 Å². The Bertz CT molecular complexity index is 1140. The highest BCUT2D eigenvalue weighted by Gasteiger charge is 2.23. The van der Waals surface area contributed by atoms with Crippen LogP contribution in [0.4, 0.5) is 5.69 Å². The summed E-state index contributed by atoms with van der Waals surface area (Å²) in [5.41, 5.74) is 1.03. The molecule has 3 aromatic rings. The number of nitrogens with zero attached hydrogens (tertiary/aromatic N) is 3. The van der Waals surface area contributed by atoms with Gasteiger partial charge in [0.2, 0.25) is 5.91 Å². The molecule has 0 spiro atoms. The number of halogens is 1. The van der Waals surface area contributed by atoms with Gasteiger partial charge in [-0.15, -0.1) is 16.8 Å². The van der Waals surface area contributed by atoms with Crippen LogP contribution in [-0.2, 0) is 11.3 Å². The number of anilines is 1. The number of rotatable bonds is 11. The fraction of sp³-hybridized carbons (Fsp3) is 0.217. The van der Waals surface area contributed by atoms with Crippen LogP contribution in [0.25, 0.3) is 0 Å². The minimum Gasteiger partial charge on any atom is -0.497 e. The SMILES string of the molecule is C=CCn1c(SCC(=O)Nc2ccc(Cl)cc2)nnc1[C@H](CO)NC(=O)c1ccc(OC)cc1. The van der Waals surface area contributed by atoms with Gasteiger partial charge in [-0.1, -0.05) is 29.4 Å². The summed E-state index contributed by atoms with van der Waals surface area (Å²) in [4.78, 5) is 25.0. The zero-order valence-corrected chi connectivity index (χ0v) is 20.0. The molecule has 1 atom stereocenters. The average molecular weight is 502 g/mol. The number of amides is 2. The summed E-state index contributed by atoms with van der Waals surface area (Å²) in [5.74, 6) is 0.451. The van der Waals surface area contributed by atoms with Gasteiger partial charge < -0.3 is 25.0 Å². The van der Waals surface area contributed by atoms with Gasteiger partial charge in [0, 0.05) is 22.8 Å². The summed E-state index contributed by atoms with van der Waals surface area (Å²) >= 11 is 7.04. The molecule has 0 aliphatic heterocycles. The van der Waals surface area contributed by atoms with E-state index in [0.717, 1.165) is 0 Å². The van der Waals surface area contributed by atoms with Crippen molar-refractivity contribution < 1.29 is 19.4 Å². The largest absolute Gasteiger partial charge is 0.497 e. The number of ether oxygens (including phenoxy) is 1. The van der Waals surface area contributed by atoms with Crippen molar-refractivity contribution in [2.75, 3.05) is 24.8 Å². The number of benzene rings is 2. The second-order valence-corrected chi connectivity index (χ2v) is 8.40. The standard InChI is InChI=1S/C23H24ClN5O4S/c1-3-12-29-21(19(13-30)26-22(32)15-4-10-18(33-2)11-5-15)27-28-23(29)34-14-20(31)25-17-8-6-16(24)7-9-17/h3-11,19,30H,1,12-14H2,2H3,(H,25,31)(H,26,32)/t19-/m0/s1. The number of hydrogen-bond acceptors (Lipinski definition) is 7. The smallest absolute Gasteiger partial charge is 0.251 e. The summed E-state index contributed by atoms with van der Waals surface area (Å²) in [5, 5.41) is 24.8. The fourth-order valence-electron chi connectivity index (χ4n) is 3.00. The first kappa shape index (κ1) is 25.3. The Labute approximate surface area is 206 Å². The molecule has 3 rings (SSSR count). The number of carbonyl (C=O) groups excluding carboxylic acids is 2. The number of nitrogens with one attached hydrogen (secondary N) is 2. The molecular formula is C23H24ClN5O4S. The maximum Gasteiger partial charge on any atom is 0.251 e. The van der Waals surface area contributed by atoms with Crippen molar-refractivity contribution in [3.63, 3.8) is 0 Å². The predicted octanol–water partition coefficient (Wildman–Crippen LogP) is 3.32. The van der Waals surface area contributed by atoms with E-state index in [0.29, 0.717) is 39.5 Å². The van der Waals surface area contributed by atoms with E-state index < -0.39 is 6.04 Å². The number of carbonyl (C=O) groups is 2. The number of thioether (sulfide) groups is 1. The van der Waals surface area contributed by atoms with E-state index in [2.05, 4.69) is 27.4 Å². The summed E-state index contributed by atoms with van der Waals surface area (Å²) in [7, 11) is 1.54. The minimum atomic E-state index is -0.806. The molecule has 2 aromatic carbocycles. The molecular weight excluding hydrogens is 478 g/mol. The molecule has 0 unspecified atom stereocenters. The molecule has 0 aliphatic carbocycles. The van der Waals surface area contributed by atoms with E-state index in [9.17, 15) is 14.7 Å². The number of allylic oxidation sites excluding steroid dienone is 1. The maximum atomic E-state index is 12.7. The lowest BCUT2D eigenvalue weighted by Crippen LogP contribution is -2.33. The summed E-state index contributed by atoms with van der Waals surface area (Å²) in [6.07, 6.45) is 1.64. The molecule has 2 amide bonds. The zero-order chi connectivity index (χ0) is 24.5. The third kappa shape index (κ3) is 6.60. The molecule has 11 heteroatoms. The molecule has 0 bridgehead atoms. The highest BCUT2D eigenvalue weighted by Crippen LogP contribution is 2.22. The van der Waals surface area contributed by atoms with Crippen LogP contribution in [0.15, 0.2) is 66.3 Å². The number of methoxy groups -OCH3 is 1. The predicted molar refractivity (Wildman–Crippen MR) is 131 cm³/mol. The van der Waals surface area contributed by atoms with E-state index in [1.165, 1.54) is 11.8 Å². The van der Waals surface area contributed by atoms with E-state index in [1.807, 2.05) is 0 Å². The Morgan fingerprint density at radius 2 is 1.91 bits per heavy atom. The van der Waals surface area contributed by atoms with Gasteiger partial charge in [-0.3, -0.25) is 9.59 Å². The molecule has 0 saturated heterocycles. The van der Waals surface area contributed by atoms with Gasteiger partial charge in [-0.25, -0.2) is 0 Å². The molecule has 0 saturated carbocycles. The lowest BCUT2D eigenvalue weighted by molar-refractivity contribution is -0.113. The van der Waals surface area contributed by atoms with Crippen LogP contribution < -0.4 is 15.4 Å². The van der Waals surface area contributed by atoms with Gasteiger partial charge in [-0.2, -0.15) is 0 Å². The third-order valence-corrected chi connectivity index (χ3v) is 5.89. The first-order valence-electron chi connectivity index (χ1n) is 10.2. The van der Waals surface area contributed by atoms with Gasteiger partial charge in [0.1, 0.15) is 11.8 Å². The van der Waals surface area contributed by atoms with Crippen LogP contribution >= 0.6 is 23.4 Å². The Morgan fingerprint density at radius 3 is 2.53 bits per heavy atom. The Morgan fingerprint density at radius 1 is 1.21 bits per heavy atom. The highest BCUT2D eigenvalue weighted by atomic mass is 35.5. The van der Waals surface area contributed by atoms with Crippen molar-refractivity contribution in [3.8, 4) is 5.75 Å². The normalized spacial score (nSPS) is 11.5. The van der Waals surface area contributed by atoms with Crippen LogP contribution in [0, 0.1) is 0 Å². The molecule has 1 heterocycles. The lowest BCUT2D eigenvalue weighted by atomic mass is 10.2. The van der Waals surface area contributed by atoms with Gasteiger partial charge in [0.05, 0.1) is 19.5 Å². The first-order chi connectivity index (χ1) is 16.4. The Kier molecular flexibility index (Phi) is 9.08. The van der Waals surface area contributed by atoms with Crippen LogP contribution in [0.1, 0.15) is 22.2 Å². The molecule has 0 fully saturated rings. The topological polar surface area (TPSA) is 118 Å². The summed E-state index contributed by atoms with van der Waals surface area (Å²) < 4.78 is 6.80. The quantitative estimate of drug-likeness (QED) is 0.272. The van der Waals surface area contributed by atoms with Gasteiger partial charge >= 0.3 is 0 Å². The Hall–Kier alpha value is -3.34. The van der Waals surface area contributed by atoms with Crippen molar-refractivity contribution >= 4 is 40.9 Å². The number of aliphatic hydroxyl groups excluding tert-OH is 1. The van der Waals surface area contributed by atoms with Gasteiger partial charge in [0.15, 0.2) is 11.0 Å². The van der Waals surface area contributed by atoms with Crippen LogP contribution in [0.5, 0.6) is 5.75 Å². The summed E-state index contributed by atoms with van der Waals surface area (Å²) in [6, 6.07) is 12.6. The van der Waals surface area contributed by atoms with E-state index in [-0.39, 0.29) is 24.2 Å². The molecule has 34 heavy (non-hydrogen) atoms. The fourth-order valence-corrected chi connectivity index (χ4v) is 3.88. The van der Waals surface area contributed by atoms with Crippen molar-refractivity contribution in [2.24, 2.45) is 0 Å². The van der Waals surface area contributed by atoms with Crippen molar-refractivity contribution in [3.05, 3.63) is 77.6 Å². The monoisotopic (exact) mass is 501 g/mol. The van der Waals surface area contributed by atoms with E-state index >= 15 is 0 Å². The lowest BCUT2D eigenvalue weighted by Gasteiger charge is -2.17. The zero-order valence-electron chi connectivity index (χ0n) is 18.4. The van der Waals surface area contributed by atoms with Gasteiger partial charge in [-0.05, 0) is 48.5 Å².